The Kier molecular flexibility index (Phi) is 2.14. The third kappa shape index (κ3) is 1.45. The summed E-state index contributed by atoms with van der Waals surface area (Å²) in [6.45, 7) is 0.321. The Morgan fingerprint density at radius 1 is 1.60 bits per heavy atom. The molecule has 1 amide bonds. The molecular formula is C10H8FN3O. The maximum Gasteiger partial charge on any atom is 0.245 e. The number of nitriles is 1. The SMILES string of the molecule is N#Cc1ccc(N2CC(N)C2=O)c(F)c1. The lowest BCUT2D eigenvalue weighted by Crippen LogP contribution is -2.61. The maximum atomic E-state index is 13.4. The number of hydrogen-bond acceptors (Lipinski definition) is 3. The van der Waals surface area contributed by atoms with E-state index in [-0.39, 0.29) is 17.2 Å². The van der Waals surface area contributed by atoms with Gasteiger partial charge >= 0.3 is 0 Å². The van der Waals surface area contributed by atoms with Gasteiger partial charge in [-0.05, 0) is 18.2 Å². The van der Waals surface area contributed by atoms with E-state index in [1.807, 2.05) is 6.07 Å². The number of carbonyl (C=O) groups excluding carboxylic acids is 1. The molecule has 5 heteroatoms. The van der Waals surface area contributed by atoms with E-state index < -0.39 is 11.9 Å². The molecule has 1 aliphatic heterocycles. The summed E-state index contributed by atoms with van der Waals surface area (Å²) >= 11 is 0. The molecular weight excluding hydrogens is 197 g/mol. The molecule has 1 heterocycles. The van der Waals surface area contributed by atoms with E-state index in [1.54, 1.807) is 0 Å². The summed E-state index contributed by atoms with van der Waals surface area (Å²) in [4.78, 5) is 12.5. The van der Waals surface area contributed by atoms with Gasteiger partial charge in [-0.2, -0.15) is 5.26 Å². The first-order valence-electron chi connectivity index (χ1n) is 4.40. The molecule has 0 spiro atoms. The van der Waals surface area contributed by atoms with Crippen molar-refractivity contribution in [3.8, 4) is 6.07 Å². The number of nitrogens with two attached hydrogens (primary N) is 1. The zero-order valence-electron chi connectivity index (χ0n) is 7.77. The van der Waals surface area contributed by atoms with Crippen molar-refractivity contribution in [1.29, 1.82) is 5.26 Å². The minimum Gasteiger partial charge on any atom is -0.318 e. The van der Waals surface area contributed by atoms with Crippen LogP contribution in [0.15, 0.2) is 18.2 Å². The van der Waals surface area contributed by atoms with Crippen molar-refractivity contribution in [3.05, 3.63) is 29.6 Å². The number of anilines is 1. The lowest BCUT2D eigenvalue weighted by Gasteiger charge is -2.36. The van der Waals surface area contributed by atoms with Gasteiger partial charge in [0, 0.05) is 0 Å². The second-order valence-electron chi connectivity index (χ2n) is 3.33. The molecule has 0 aliphatic carbocycles. The van der Waals surface area contributed by atoms with Crippen molar-refractivity contribution in [2.75, 3.05) is 11.4 Å². The van der Waals surface area contributed by atoms with Crippen LogP contribution in [0, 0.1) is 17.1 Å². The Morgan fingerprint density at radius 3 is 2.80 bits per heavy atom. The standard InChI is InChI=1S/C10H8FN3O/c11-7-3-6(4-12)1-2-9(7)14-5-8(13)10(14)15/h1-3,8H,5,13H2. The highest BCUT2D eigenvalue weighted by Gasteiger charge is 2.35. The second-order valence-corrected chi connectivity index (χ2v) is 3.33. The fourth-order valence-electron chi connectivity index (χ4n) is 1.46. The fourth-order valence-corrected chi connectivity index (χ4v) is 1.46. The highest BCUT2D eigenvalue weighted by molar-refractivity contribution is 6.03. The van der Waals surface area contributed by atoms with Crippen LogP contribution in [0.1, 0.15) is 5.56 Å². The molecule has 2 N–H and O–H groups in total. The number of benzene rings is 1. The Balaban J connectivity index is 2.31. The number of amides is 1. The van der Waals surface area contributed by atoms with Crippen molar-refractivity contribution in [1.82, 2.24) is 0 Å². The summed E-state index contributed by atoms with van der Waals surface area (Å²) in [5.41, 5.74) is 5.80. The molecule has 15 heavy (non-hydrogen) atoms. The largest absolute Gasteiger partial charge is 0.318 e. The number of nitrogens with zero attached hydrogens (tertiary/aromatic N) is 2. The number of β-lactam (4-membered cyclic amide) rings is 1. The normalized spacial score (nSPS) is 19.7. The average molecular weight is 205 g/mol. The first-order chi connectivity index (χ1) is 7.13. The van der Waals surface area contributed by atoms with Crippen molar-refractivity contribution in [2.45, 2.75) is 6.04 Å². The van der Waals surface area contributed by atoms with E-state index >= 15 is 0 Å². The number of rotatable bonds is 1. The van der Waals surface area contributed by atoms with Crippen molar-refractivity contribution < 1.29 is 9.18 Å². The van der Waals surface area contributed by atoms with Gasteiger partial charge in [0.1, 0.15) is 11.9 Å². The van der Waals surface area contributed by atoms with Crippen LogP contribution in [-0.2, 0) is 4.79 Å². The van der Waals surface area contributed by atoms with Gasteiger partial charge in [0.25, 0.3) is 0 Å². The van der Waals surface area contributed by atoms with Crippen LogP contribution in [0.25, 0.3) is 0 Å². The van der Waals surface area contributed by atoms with Crippen molar-refractivity contribution in [3.63, 3.8) is 0 Å². The molecule has 76 valence electrons. The average Bonchev–Trinajstić information content (AvgIpc) is 2.26. The van der Waals surface area contributed by atoms with E-state index in [9.17, 15) is 9.18 Å². The summed E-state index contributed by atoms with van der Waals surface area (Å²) in [6.07, 6.45) is 0. The highest BCUT2D eigenvalue weighted by Crippen LogP contribution is 2.25. The Bertz CT molecular complexity index is 466. The van der Waals surface area contributed by atoms with Gasteiger partial charge in [-0.25, -0.2) is 4.39 Å². The Labute approximate surface area is 85.7 Å². The smallest absolute Gasteiger partial charge is 0.245 e. The van der Waals surface area contributed by atoms with E-state index in [1.165, 1.54) is 17.0 Å². The topological polar surface area (TPSA) is 70.1 Å². The molecule has 0 bridgehead atoms. The van der Waals surface area contributed by atoms with Crippen LogP contribution in [-0.4, -0.2) is 18.5 Å². The maximum absolute atomic E-state index is 13.4. The van der Waals surface area contributed by atoms with Crippen molar-refractivity contribution in [2.24, 2.45) is 5.73 Å². The lowest BCUT2D eigenvalue weighted by molar-refractivity contribution is -0.123. The third-order valence-corrected chi connectivity index (χ3v) is 2.33. The predicted molar refractivity (Wildman–Crippen MR) is 51.4 cm³/mol. The van der Waals surface area contributed by atoms with Gasteiger partial charge in [0.15, 0.2) is 0 Å². The van der Waals surface area contributed by atoms with Crippen LogP contribution in [0.3, 0.4) is 0 Å². The number of carbonyl (C=O) groups is 1. The summed E-state index contributed by atoms with van der Waals surface area (Å²) in [5, 5.41) is 8.54. The monoisotopic (exact) mass is 205 g/mol. The van der Waals surface area contributed by atoms with Crippen LogP contribution in [0.2, 0.25) is 0 Å². The highest BCUT2D eigenvalue weighted by atomic mass is 19.1. The molecule has 1 atom stereocenters. The minimum atomic E-state index is -0.575. The zero-order chi connectivity index (χ0) is 11.0. The molecule has 1 aromatic rings. The third-order valence-electron chi connectivity index (χ3n) is 2.33. The quantitative estimate of drug-likeness (QED) is 0.673. The molecule has 1 unspecified atom stereocenters. The lowest BCUT2D eigenvalue weighted by atomic mass is 10.1. The molecule has 1 aromatic carbocycles. The fraction of sp³-hybridized carbons (Fsp3) is 0.200. The van der Waals surface area contributed by atoms with Crippen LogP contribution in [0.4, 0.5) is 10.1 Å². The molecule has 2 rings (SSSR count). The first-order valence-corrected chi connectivity index (χ1v) is 4.40. The van der Waals surface area contributed by atoms with Gasteiger partial charge in [0.2, 0.25) is 5.91 Å². The molecule has 0 aromatic heterocycles. The van der Waals surface area contributed by atoms with Gasteiger partial charge in [0.05, 0.1) is 23.9 Å². The van der Waals surface area contributed by atoms with Crippen molar-refractivity contribution >= 4 is 11.6 Å². The molecule has 1 saturated heterocycles. The van der Waals surface area contributed by atoms with Gasteiger partial charge in [-0.1, -0.05) is 0 Å². The first kappa shape index (κ1) is 9.62. The van der Waals surface area contributed by atoms with Gasteiger partial charge in [-0.3, -0.25) is 4.79 Å². The molecule has 0 saturated carbocycles. The minimum absolute atomic E-state index is 0.181. The summed E-state index contributed by atoms with van der Waals surface area (Å²) in [6, 6.07) is 5.28. The zero-order valence-corrected chi connectivity index (χ0v) is 7.77. The van der Waals surface area contributed by atoms with Gasteiger partial charge in [-0.15, -0.1) is 0 Å². The van der Waals surface area contributed by atoms with Gasteiger partial charge < -0.3 is 10.6 Å². The predicted octanol–water partition coefficient (Wildman–Crippen LogP) is 0.371. The second kappa shape index (κ2) is 3.33. The molecule has 1 aliphatic rings. The molecule has 4 nitrogen and oxygen atoms in total. The Morgan fingerprint density at radius 2 is 2.33 bits per heavy atom. The van der Waals surface area contributed by atoms with Crippen LogP contribution < -0.4 is 10.6 Å². The van der Waals surface area contributed by atoms with E-state index in [0.717, 1.165) is 6.07 Å². The van der Waals surface area contributed by atoms with E-state index in [0.29, 0.717) is 6.54 Å². The summed E-state index contributed by atoms with van der Waals surface area (Å²) < 4.78 is 13.4. The summed E-state index contributed by atoms with van der Waals surface area (Å²) in [7, 11) is 0. The Hall–Kier alpha value is -1.93. The van der Waals surface area contributed by atoms with E-state index in [4.69, 9.17) is 11.0 Å². The van der Waals surface area contributed by atoms with Crippen LogP contribution >= 0.6 is 0 Å². The summed E-state index contributed by atoms with van der Waals surface area (Å²) in [5.74, 6) is -0.868. The number of halogens is 1. The molecule has 1 fully saturated rings. The molecule has 0 radical (unpaired) electrons. The number of hydrogen-bond donors (Lipinski definition) is 1. The van der Waals surface area contributed by atoms with E-state index in [2.05, 4.69) is 0 Å². The van der Waals surface area contributed by atoms with Crippen LogP contribution in [0.5, 0.6) is 0 Å².